The smallest absolute Gasteiger partial charge is 0.274 e. The van der Waals surface area contributed by atoms with E-state index in [1.165, 1.54) is 12.8 Å². The first-order valence-corrected chi connectivity index (χ1v) is 7.00. The second kappa shape index (κ2) is 4.89. The van der Waals surface area contributed by atoms with Gasteiger partial charge in [-0.1, -0.05) is 0 Å². The van der Waals surface area contributed by atoms with Crippen LogP contribution in [-0.2, 0) is 0 Å². The molecular formula is C14H20N4O. The van der Waals surface area contributed by atoms with Gasteiger partial charge in [0.1, 0.15) is 0 Å². The van der Waals surface area contributed by atoms with Crippen LogP contribution in [0.25, 0.3) is 0 Å². The maximum Gasteiger partial charge on any atom is 0.274 e. The Hall–Kier alpha value is -1.49. The molecule has 0 saturated carbocycles. The predicted octanol–water partition coefficient (Wildman–Crippen LogP) is 1.08. The van der Waals surface area contributed by atoms with Crippen LogP contribution in [-0.4, -0.2) is 46.7 Å². The van der Waals surface area contributed by atoms with Crippen LogP contribution in [0.5, 0.6) is 0 Å². The average molecular weight is 260 g/mol. The second-order valence-electron chi connectivity index (χ2n) is 5.85. The Morgan fingerprint density at radius 1 is 1.47 bits per heavy atom. The molecular weight excluding hydrogens is 240 g/mol. The summed E-state index contributed by atoms with van der Waals surface area (Å²) in [4.78, 5) is 14.5. The van der Waals surface area contributed by atoms with Gasteiger partial charge in [-0.15, -0.1) is 5.10 Å². The zero-order valence-corrected chi connectivity index (χ0v) is 11.3. The number of piperidine rings is 1. The van der Waals surface area contributed by atoms with Crippen LogP contribution in [0.3, 0.4) is 0 Å². The predicted molar refractivity (Wildman–Crippen MR) is 71.7 cm³/mol. The SMILES string of the molecule is CC1CC2(CCNCC2)CN1C(=O)c1cccnn1. The van der Waals surface area contributed by atoms with Gasteiger partial charge in [0.15, 0.2) is 5.69 Å². The number of hydrogen-bond acceptors (Lipinski definition) is 4. The maximum atomic E-state index is 12.5. The third kappa shape index (κ3) is 2.34. The number of likely N-dealkylation sites (tertiary alicyclic amines) is 1. The highest BCUT2D eigenvalue weighted by Crippen LogP contribution is 2.42. The molecule has 1 N–H and O–H groups in total. The quantitative estimate of drug-likeness (QED) is 0.821. The van der Waals surface area contributed by atoms with Gasteiger partial charge in [-0.05, 0) is 56.8 Å². The van der Waals surface area contributed by atoms with Crippen LogP contribution in [0.1, 0.15) is 36.7 Å². The van der Waals surface area contributed by atoms with Crippen LogP contribution >= 0.6 is 0 Å². The van der Waals surface area contributed by atoms with E-state index in [1.807, 2.05) is 4.90 Å². The maximum absolute atomic E-state index is 12.5. The fraction of sp³-hybridized carbons (Fsp3) is 0.643. The first kappa shape index (κ1) is 12.5. The second-order valence-corrected chi connectivity index (χ2v) is 5.85. The van der Waals surface area contributed by atoms with Gasteiger partial charge in [0.25, 0.3) is 5.91 Å². The minimum atomic E-state index is 0.0241. The van der Waals surface area contributed by atoms with Crippen molar-refractivity contribution in [2.45, 2.75) is 32.2 Å². The first-order chi connectivity index (χ1) is 9.20. The highest BCUT2D eigenvalue weighted by molar-refractivity contribution is 5.92. The standard InChI is InChI=1S/C14H20N4O/c1-11-9-14(4-7-15-8-5-14)10-18(11)13(19)12-3-2-6-16-17-12/h2-3,6,11,15H,4-5,7-10H2,1H3. The van der Waals surface area contributed by atoms with Crippen LogP contribution in [0.15, 0.2) is 18.3 Å². The Labute approximate surface area is 113 Å². The normalized spacial score (nSPS) is 25.7. The minimum absolute atomic E-state index is 0.0241. The number of nitrogens with zero attached hydrogens (tertiary/aromatic N) is 3. The summed E-state index contributed by atoms with van der Waals surface area (Å²) in [7, 11) is 0. The number of rotatable bonds is 1. The number of amides is 1. The summed E-state index contributed by atoms with van der Waals surface area (Å²) in [5.74, 6) is 0.0241. The molecule has 0 bridgehead atoms. The van der Waals surface area contributed by atoms with Crippen LogP contribution in [0.4, 0.5) is 0 Å². The van der Waals surface area contributed by atoms with Gasteiger partial charge in [0, 0.05) is 18.8 Å². The molecule has 1 amide bonds. The molecule has 1 unspecified atom stereocenters. The molecule has 2 saturated heterocycles. The van der Waals surface area contributed by atoms with E-state index in [9.17, 15) is 4.79 Å². The lowest BCUT2D eigenvalue weighted by Gasteiger charge is -2.33. The summed E-state index contributed by atoms with van der Waals surface area (Å²) in [5.41, 5.74) is 0.781. The number of carbonyl (C=O) groups excluding carboxylic acids is 1. The van der Waals surface area contributed by atoms with Crippen molar-refractivity contribution in [3.05, 3.63) is 24.0 Å². The Morgan fingerprint density at radius 2 is 2.26 bits per heavy atom. The highest BCUT2D eigenvalue weighted by Gasteiger charge is 2.44. The van der Waals surface area contributed by atoms with E-state index in [2.05, 4.69) is 22.4 Å². The fourth-order valence-electron chi connectivity index (χ4n) is 3.47. The molecule has 3 heterocycles. The molecule has 0 radical (unpaired) electrons. The van der Waals surface area contributed by atoms with Gasteiger partial charge < -0.3 is 10.2 Å². The van der Waals surface area contributed by atoms with Gasteiger partial charge in [-0.3, -0.25) is 4.79 Å². The van der Waals surface area contributed by atoms with Crippen LogP contribution in [0.2, 0.25) is 0 Å². The molecule has 1 aromatic heterocycles. The molecule has 5 nitrogen and oxygen atoms in total. The molecule has 102 valence electrons. The zero-order valence-electron chi connectivity index (χ0n) is 11.3. The summed E-state index contributed by atoms with van der Waals surface area (Å²) < 4.78 is 0. The van der Waals surface area contributed by atoms with Gasteiger partial charge in [-0.2, -0.15) is 5.10 Å². The van der Waals surface area contributed by atoms with Crippen molar-refractivity contribution in [2.24, 2.45) is 5.41 Å². The molecule has 2 aliphatic heterocycles. The number of nitrogens with one attached hydrogen (secondary N) is 1. The third-order valence-electron chi connectivity index (χ3n) is 4.48. The molecule has 0 aliphatic carbocycles. The fourth-order valence-corrected chi connectivity index (χ4v) is 3.47. The summed E-state index contributed by atoms with van der Waals surface area (Å²) in [6.07, 6.45) is 5.04. The lowest BCUT2D eigenvalue weighted by molar-refractivity contribution is 0.0716. The third-order valence-corrected chi connectivity index (χ3v) is 4.48. The first-order valence-electron chi connectivity index (χ1n) is 7.00. The average Bonchev–Trinajstić information content (AvgIpc) is 2.76. The van der Waals surface area contributed by atoms with Gasteiger partial charge in [-0.25, -0.2) is 0 Å². The number of hydrogen-bond donors (Lipinski definition) is 1. The number of aromatic nitrogens is 2. The number of carbonyl (C=O) groups is 1. The van der Waals surface area contributed by atoms with Crippen molar-refractivity contribution < 1.29 is 4.79 Å². The molecule has 5 heteroatoms. The van der Waals surface area contributed by atoms with Crippen molar-refractivity contribution >= 4 is 5.91 Å². The van der Waals surface area contributed by atoms with Crippen molar-refractivity contribution in [2.75, 3.05) is 19.6 Å². The van der Waals surface area contributed by atoms with Crippen molar-refractivity contribution in [1.29, 1.82) is 0 Å². The molecule has 2 fully saturated rings. The van der Waals surface area contributed by atoms with Crippen LogP contribution in [0, 0.1) is 5.41 Å². The van der Waals surface area contributed by atoms with Crippen LogP contribution < -0.4 is 5.32 Å². The van der Waals surface area contributed by atoms with Crippen molar-refractivity contribution in [1.82, 2.24) is 20.4 Å². The Bertz CT molecular complexity index is 456. The van der Waals surface area contributed by atoms with Gasteiger partial charge in [0.2, 0.25) is 0 Å². The molecule has 1 aromatic rings. The molecule has 2 aliphatic rings. The van der Waals surface area contributed by atoms with Gasteiger partial charge in [0.05, 0.1) is 0 Å². The summed E-state index contributed by atoms with van der Waals surface area (Å²) >= 11 is 0. The Morgan fingerprint density at radius 3 is 2.95 bits per heavy atom. The Balaban J connectivity index is 1.77. The van der Waals surface area contributed by atoms with E-state index in [0.29, 0.717) is 17.2 Å². The van der Waals surface area contributed by atoms with E-state index in [4.69, 9.17) is 0 Å². The highest BCUT2D eigenvalue weighted by atomic mass is 16.2. The van der Waals surface area contributed by atoms with E-state index < -0.39 is 0 Å². The van der Waals surface area contributed by atoms with E-state index in [-0.39, 0.29) is 5.91 Å². The zero-order chi connectivity index (χ0) is 13.3. The minimum Gasteiger partial charge on any atom is -0.334 e. The molecule has 1 spiro atoms. The van der Waals surface area contributed by atoms with E-state index in [0.717, 1.165) is 26.1 Å². The summed E-state index contributed by atoms with van der Waals surface area (Å²) in [6.45, 7) is 5.15. The largest absolute Gasteiger partial charge is 0.334 e. The van der Waals surface area contributed by atoms with Crippen molar-refractivity contribution in [3.8, 4) is 0 Å². The molecule has 19 heavy (non-hydrogen) atoms. The van der Waals surface area contributed by atoms with E-state index >= 15 is 0 Å². The lowest BCUT2D eigenvalue weighted by atomic mass is 9.77. The lowest BCUT2D eigenvalue weighted by Crippen LogP contribution is -2.40. The van der Waals surface area contributed by atoms with E-state index in [1.54, 1.807) is 18.3 Å². The summed E-state index contributed by atoms with van der Waals surface area (Å²) in [5, 5.41) is 11.1. The topological polar surface area (TPSA) is 58.1 Å². The molecule has 0 aromatic carbocycles. The molecule has 1 atom stereocenters. The Kier molecular flexibility index (Phi) is 3.22. The molecule has 3 rings (SSSR count). The monoisotopic (exact) mass is 260 g/mol. The van der Waals surface area contributed by atoms with Gasteiger partial charge >= 0.3 is 0 Å². The summed E-state index contributed by atoms with van der Waals surface area (Å²) in [6, 6.07) is 3.81. The van der Waals surface area contributed by atoms with Crippen molar-refractivity contribution in [3.63, 3.8) is 0 Å².